The zero-order valence-corrected chi connectivity index (χ0v) is 7.86. The zero-order valence-electron chi connectivity index (χ0n) is 6.29. The highest BCUT2D eigenvalue weighted by Gasteiger charge is 2.28. The summed E-state index contributed by atoms with van der Waals surface area (Å²) in [6.45, 7) is 2.17. The molecule has 0 saturated carbocycles. The third kappa shape index (κ3) is 2.61. The van der Waals surface area contributed by atoms with Crippen LogP contribution in [0.3, 0.4) is 0 Å². The molecule has 1 aliphatic rings. The van der Waals surface area contributed by atoms with Crippen molar-refractivity contribution in [2.45, 2.75) is 31.1 Å². The molecule has 0 aromatic heterocycles. The zero-order chi connectivity index (χ0) is 8.48. The lowest BCUT2D eigenvalue weighted by Crippen LogP contribution is -2.31. The molecule has 0 aromatic rings. The highest BCUT2D eigenvalue weighted by molar-refractivity contribution is 8.14. The second-order valence-corrected chi connectivity index (χ2v) is 5.73. The molecule has 1 aliphatic heterocycles. The van der Waals surface area contributed by atoms with Crippen molar-refractivity contribution < 1.29 is 13.2 Å². The van der Waals surface area contributed by atoms with Crippen molar-refractivity contribution in [3.63, 3.8) is 0 Å². The summed E-state index contributed by atoms with van der Waals surface area (Å²) in [7, 11) is 1.75. The predicted octanol–water partition coefficient (Wildman–Crippen LogP) is 1.12. The molecule has 1 fully saturated rings. The van der Waals surface area contributed by atoms with E-state index in [0.29, 0.717) is 6.42 Å². The third-order valence-electron chi connectivity index (χ3n) is 1.86. The maximum absolute atomic E-state index is 10.8. The third-order valence-corrected chi connectivity index (χ3v) is 3.78. The Hall–Kier alpha value is 0.200. The average Bonchev–Trinajstić information content (AvgIpc) is 1.86. The Kier molecular flexibility index (Phi) is 2.78. The standard InChI is InChI=1S/C6H11ClO3S/c1-5-2-3-6(4-10-5)11(7,8)9/h5-6H,2-4H2,1H3. The van der Waals surface area contributed by atoms with Crippen molar-refractivity contribution in [2.24, 2.45) is 0 Å². The van der Waals surface area contributed by atoms with E-state index in [4.69, 9.17) is 15.4 Å². The van der Waals surface area contributed by atoms with Gasteiger partial charge in [-0.15, -0.1) is 0 Å². The number of hydrogen-bond donors (Lipinski definition) is 0. The van der Waals surface area contributed by atoms with Crippen LogP contribution in [0.1, 0.15) is 19.8 Å². The van der Waals surface area contributed by atoms with Gasteiger partial charge in [0.05, 0.1) is 18.0 Å². The Labute approximate surface area is 71.1 Å². The number of hydrogen-bond acceptors (Lipinski definition) is 3. The highest BCUT2D eigenvalue weighted by atomic mass is 35.7. The fourth-order valence-corrected chi connectivity index (χ4v) is 2.16. The van der Waals surface area contributed by atoms with E-state index in [1.54, 1.807) is 0 Å². The molecule has 1 saturated heterocycles. The summed E-state index contributed by atoms with van der Waals surface area (Å²) < 4.78 is 26.7. The lowest BCUT2D eigenvalue weighted by atomic mass is 10.1. The van der Waals surface area contributed by atoms with Crippen molar-refractivity contribution in [3.8, 4) is 0 Å². The summed E-state index contributed by atoms with van der Waals surface area (Å²) in [5, 5.41) is -0.500. The molecule has 3 nitrogen and oxygen atoms in total. The molecule has 0 spiro atoms. The van der Waals surface area contributed by atoms with Crippen LogP contribution in [0.5, 0.6) is 0 Å². The first-order valence-electron chi connectivity index (χ1n) is 3.55. The van der Waals surface area contributed by atoms with Gasteiger partial charge in [0.15, 0.2) is 0 Å². The molecule has 5 heteroatoms. The summed E-state index contributed by atoms with van der Waals surface area (Å²) in [5.74, 6) is 0. The molecule has 0 amide bonds. The minimum Gasteiger partial charge on any atom is -0.377 e. The molecule has 66 valence electrons. The van der Waals surface area contributed by atoms with Gasteiger partial charge in [-0.2, -0.15) is 0 Å². The molecule has 1 heterocycles. The first-order valence-corrected chi connectivity index (χ1v) is 5.92. The van der Waals surface area contributed by atoms with Crippen LogP contribution in [0.2, 0.25) is 0 Å². The molecule has 0 radical (unpaired) electrons. The van der Waals surface area contributed by atoms with E-state index in [9.17, 15) is 8.42 Å². The normalized spacial score (nSPS) is 33.6. The van der Waals surface area contributed by atoms with Gasteiger partial charge in [0, 0.05) is 10.7 Å². The van der Waals surface area contributed by atoms with Crippen LogP contribution in [0, 0.1) is 0 Å². The maximum atomic E-state index is 10.8. The number of rotatable bonds is 1. The first kappa shape index (κ1) is 9.29. The Balaban J connectivity index is 2.53. The van der Waals surface area contributed by atoms with Crippen molar-refractivity contribution in [2.75, 3.05) is 6.61 Å². The molecule has 2 atom stereocenters. The highest BCUT2D eigenvalue weighted by Crippen LogP contribution is 2.21. The average molecular weight is 199 g/mol. The van der Waals surface area contributed by atoms with Crippen LogP contribution in [-0.2, 0) is 13.8 Å². The molecular formula is C6H11ClO3S. The van der Waals surface area contributed by atoms with Gasteiger partial charge in [-0.05, 0) is 19.8 Å². The van der Waals surface area contributed by atoms with E-state index in [1.165, 1.54) is 0 Å². The first-order chi connectivity index (χ1) is 5.00. The Morgan fingerprint density at radius 3 is 2.45 bits per heavy atom. The molecule has 2 unspecified atom stereocenters. The molecule has 0 aliphatic carbocycles. The van der Waals surface area contributed by atoms with Crippen molar-refractivity contribution in [1.82, 2.24) is 0 Å². The van der Waals surface area contributed by atoms with Crippen LogP contribution in [0.15, 0.2) is 0 Å². The van der Waals surface area contributed by atoms with Gasteiger partial charge in [0.25, 0.3) is 0 Å². The number of ether oxygens (including phenoxy) is 1. The van der Waals surface area contributed by atoms with Crippen LogP contribution in [0.25, 0.3) is 0 Å². The molecule has 1 rings (SSSR count). The molecular weight excluding hydrogens is 188 g/mol. The quantitative estimate of drug-likeness (QED) is 0.594. The molecule has 0 N–H and O–H groups in total. The minimum absolute atomic E-state index is 0.171. The van der Waals surface area contributed by atoms with Gasteiger partial charge in [-0.3, -0.25) is 0 Å². The minimum atomic E-state index is -3.40. The lowest BCUT2D eigenvalue weighted by Gasteiger charge is -2.24. The van der Waals surface area contributed by atoms with Gasteiger partial charge in [0.1, 0.15) is 0 Å². The topological polar surface area (TPSA) is 43.4 Å². The van der Waals surface area contributed by atoms with Crippen LogP contribution in [0.4, 0.5) is 0 Å². The summed E-state index contributed by atoms with van der Waals surface area (Å²) in [5.41, 5.74) is 0. The molecule has 11 heavy (non-hydrogen) atoms. The smallest absolute Gasteiger partial charge is 0.237 e. The van der Waals surface area contributed by atoms with E-state index in [-0.39, 0.29) is 12.7 Å². The van der Waals surface area contributed by atoms with E-state index in [1.807, 2.05) is 6.92 Å². The monoisotopic (exact) mass is 198 g/mol. The maximum Gasteiger partial charge on any atom is 0.237 e. The summed E-state index contributed by atoms with van der Waals surface area (Å²) in [4.78, 5) is 0. The van der Waals surface area contributed by atoms with Gasteiger partial charge >= 0.3 is 0 Å². The largest absolute Gasteiger partial charge is 0.377 e. The summed E-state index contributed by atoms with van der Waals surface area (Å²) in [6.07, 6.45) is 1.56. The van der Waals surface area contributed by atoms with E-state index >= 15 is 0 Å². The van der Waals surface area contributed by atoms with Crippen LogP contribution < -0.4 is 0 Å². The fraction of sp³-hybridized carbons (Fsp3) is 1.00. The van der Waals surface area contributed by atoms with E-state index < -0.39 is 14.3 Å². The van der Waals surface area contributed by atoms with E-state index in [2.05, 4.69) is 0 Å². The van der Waals surface area contributed by atoms with Gasteiger partial charge < -0.3 is 4.74 Å². The fourth-order valence-electron chi connectivity index (χ4n) is 1.08. The molecule has 0 aromatic carbocycles. The molecule has 0 bridgehead atoms. The second kappa shape index (κ2) is 3.29. The van der Waals surface area contributed by atoms with Crippen molar-refractivity contribution in [1.29, 1.82) is 0 Å². The van der Waals surface area contributed by atoms with Gasteiger partial charge in [-0.1, -0.05) is 0 Å². The van der Waals surface area contributed by atoms with Crippen LogP contribution >= 0.6 is 10.7 Å². The number of halogens is 1. The van der Waals surface area contributed by atoms with E-state index in [0.717, 1.165) is 6.42 Å². The Bertz CT molecular complexity index is 216. The van der Waals surface area contributed by atoms with Crippen molar-refractivity contribution >= 4 is 19.7 Å². The second-order valence-electron chi connectivity index (χ2n) is 2.82. The van der Waals surface area contributed by atoms with Gasteiger partial charge in [0.2, 0.25) is 9.05 Å². The van der Waals surface area contributed by atoms with Gasteiger partial charge in [-0.25, -0.2) is 8.42 Å². The Morgan fingerprint density at radius 2 is 2.09 bits per heavy atom. The summed E-state index contributed by atoms with van der Waals surface area (Å²) >= 11 is 0. The Morgan fingerprint density at radius 1 is 1.45 bits per heavy atom. The summed E-state index contributed by atoms with van der Waals surface area (Å²) in [6, 6.07) is 0. The SMILES string of the molecule is CC1CCC(S(=O)(=O)Cl)CO1. The van der Waals surface area contributed by atoms with Crippen LogP contribution in [-0.4, -0.2) is 26.4 Å². The lowest BCUT2D eigenvalue weighted by molar-refractivity contribution is 0.0311. The van der Waals surface area contributed by atoms with Crippen molar-refractivity contribution in [3.05, 3.63) is 0 Å². The predicted molar refractivity (Wildman–Crippen MR) is 43.2 cm³/mol.